The van der Waals surface area contributed by atoms with Crippen molar-refractivity contribution < 1.29 is 54.9 Å². The van der Waals surface area contributed by atoms with Crippen LogP contribution in [0.1, 0.15) is 50.2 Å². The van der Waals surface area contributed by atoms with Gasteiger partial charge in [-0.2, -0.15) is 26.3 Å². The van der Waals surface area contributed by atoms with Crippen LogP contribution in [-0.2, 0) is 16.4 Å². The predicted octanol–water partition coefficient (Wildman–Crippen LogP) is 6.59. The number of rotatable bonds is 7. The van der Waals surface area contributed by atoms with Crippen LogP contribution in [0, 0.1) is 5.82 Å². The first-order valence-electron chi connectivity index (χ1n) is 13.8. The first kappa shape index (κ1) is 34.7. The van der Waals surface area contributed by atoms with Crippen LogP contribution in [0.2, 0.25) is 0 Å². The Morgan fingerprint density at radius 3 is 2.27 bits per heavy atom. The van der Waals surface area contributed by atoms with Gasteiger partial charge >= 0.3 is 24.4 Å². The number of urea groups is 1. The number of carbonyl (C=O) groups excluding carboxylic acids is 1. The Hall–Kier alpha value is -3.75. The average molecular weight is 638 g/mol. The van der Waals surface area contributed by atoms with Crippen molar-refractivity contribution >= 4 is 17.7 Å². The molecule has 1 saturated heterocycles. The summed E-state index contributed by atoms with van der Waals surface area (Å²) in [7, 11) is 3.21. The number of fused-ring (bicyclic) bond motifs is 1. The van der Waals surface area contributed by atoms with E-state index in [0.29, 0.717) is 30.4 Å². The molecule has 2 aromatic rings. The summed E-state index contributed by atoms with van der Waals surface area (Å²) in [5.74, 6) is -2.92. The highest BCUT2D eigenvalue weighted by atomic mass is 19.4. The van der Waals surface area contributed by atoms with Gasteiger partial charge in [-0.05, 0) is 75.0 Å². The summed E-state index contributed by atoms with van der Waals surface area (Å²) in [4.78, 5) is 24.0. The van der Waals surface area contributed by atoms with Gasteiger partial charge < -0.3 is 25.2 Å². The molecule has 2 aliphatic rings. The fourth-order valence-electron chi connectivity index (χ4n) is 6.00. The van der Waals surface area contributed by atoms with E-state index in [1.165, 1.54) is 5.56 Å². The third-order valence-electron chi connectivity index (χ3n) is 7.97. The average Bonchev–Trinajstić information content (AvgIpc) is 3.31. The number of amides is 2. The van der Waals surface area contributed by atoms with Crippen LogP contribution in [0.5, 0.6) is 11.5 Å². The number of alkyl halides is 6. The second-order valence-electron chi connectivity index (χ2n) is 10.6. The lowest BCUT2D eigenvalue weighted by Crippen LogP contribution is -2.53. The number of nitrogens with one attached hydrogen (secondary N) is 2. The van der Waals surface area contributed by atoms with Crippen molar-refractivity contribution in [2.24, 2.45) is 0 Å². The first-order valence-corrected chi connectivity index (χ1v) is 13.8. The molecule has 3 N–H and O–H groups in total. The zero-order valence-corrected chi connectivity index (χ0v) is 24.2. The fraction of sp³-hybridized carbons (Fsp3) is 0.517. The maximum Gasteiger partial charge on any atom is 0.490 e. The molecule has 1 aliphatic carbocycles. The molecule has 2 aromatic carbocycles. The summed E-state index contributed by atoms with van der Waals surface area (Å²) in [5, 5.41) is 12.3. The van der Waals surface area contributed by atoms with Gasteiger partial charge in [0.15, 0.2) is 17.3 Å². The highest BCUT2D eigenvalue weighted by molar-refractivity contribution is 5.89. The lowest BCUT2D eigenvalue weighted by molar-refractivity contribution is -0.192. The zero-order chi connectivity index (χ0) is 32.9. The van der Waals surface area contributed by atoms with Crippen LogP contribution in [0.15, 0.2) is 36.4 Å². The van der Waals surface area contributed by atoms with Gasteiger partial charge in [-0.15, -0.1) is 0 Å². The molecule has 2 fully saturated rings. The van der Waals surface area contributed by atoms with Crippen LogP contribution in [0.25, 0.3) is 0 Å². The van der Waals surface area contributed by atoms with E-state index in [1.807, 2.05) is 12.1 Å². The number of benzene rings is 2. The summed E-state index contributed by atoms with van der Waals surface area (Å²) in [5.41, 5.74) is -0.862. The van der Waals surface area contributed by atoms with E-state index in [9.17, 15) is 35.5 Å². The Labute approximate surface area is 249 Å². The molecule has 0 aromatic heterocycles. The maximum atomic E-state index is 14.4. The Morgan fingerprint density at radius 1 is 1.05 bits per heavy atom. The molecule has 244 valence electrons. The molecule has 44 heavy (non-hydrogen) atoms. The summed E-state index contributed by atoms with van der Waals surface area (Å²) >= 11 is 0. The molecule has 3 atom stereocenters. The number of anilines is 1. The molecule has 0 radical (unpaired) electrons. The van der Waals surface area contributed by atoms with Crippen LogP contribution in [0.4, 0.5) is 41.2 Å². The van der Waals surface area contributed by atoms with Crippen molar-refractivity contribution in [3.63, 3.8) is 0 Å². The molecule has 0 spiro atoms. The number of carboxylic acids is 1. The smallest absolute Gasteiger partial charge is 0.490 e. The Bertz CT molecular complexity index is 1320. The van der Waals surface area contributed by atoms with E-state index in [4.69, 9.17) is 19.4 Å². The van der Waals surface area contributed by atoms with Crippen molar-refractivity contribution in [3.05, 3.63) is 53.3 Å². The van der Waals surface area contributed by atoms with Gasteiger partial charge in [0, 0.05) is 17.5 Å². The molecule has 4 rings (SSSR count). The molecule has 1 heterocycles. The molecule has 2 amide bonds. The monoisotopic (exact) mass is 637 g/mol. The summed E-state index contributed by atoms with van der Waals surface area (Å²) in [6.07, 6.45) is -5.79. The van der Waals surface area contributed by atoms with Gasteiger partial charge in [0.1, 0.15) is 0 Å². The van der Waals surface area contributed by atoms with E-state index in [-0.39, 0.29) is 17.5 Å². The molecule has 0 bridgehead atoms. The van der Waals surface area contributed by atoms with Crippen molar-refractivity contribution in [3.8, 4) is 11.5 Å². The van der Waals surface area contributed by atoms with Gasteiger partial charge in [0.2, 0.25) is 0 Å². The third kappa shape index (κ3) is 7.85. The molecular weight excluding hydrogens is 603 g/mol. The van der Waals surface area contributed by atoms with Gasteiger partial charge in [0.25, 0.3) is 0 Å². The summed E-state index contributed by atoms with van der Waals surface area (Å²) in [6.45, 7) is 3.99. The lowest BCUT2D eigenvalue weighted by atomic mass is 9.65. The quantitative estimate of drug-likeness (QED) is 0.296. The van der Waals surface area contributed by atoms with E-state index in [2.05, 4.69) is 28.5 Å². The van der Waals surface area contributed by atoms with Crippen molar-refractivity contribution in [2.75, 3.05) is 32.6 Å². The number of hydrogen-bond acceptors (Lipinski definition) is 5. The zero-order valence-electron chi connectivity index (χ0n) is 24.2. The van der Waals surface area contributed by atoms with Crippen molar-refractivity contribution in [1.29, 1.82) is 0 Å². The van der Waals surface area contributed by atoms with E-state index in [1.54, 1.807) is 14.2 Å². The number of ether oxygens (including phenoxy) is 2. The fourth-order valence-corrected chi connectivity index (χ4v) is 6.00. The number of carboxylic acid groups (broad SMARTS) is 1. The number of aliphatic carboxylic acids is 1. The van der Waals surface area contributed by atoms with Crippen molar-refractivity contribution in [2.45, 2.75) is 68.9 Å². The molecule has 0 unspecified atom stereocenters. The van der Waals surface area contributed by atoms with Crippen LogP contribution < -0.4 is 20.1 Å². The Kier molecular flexibility index (Phi) is 11.0. The third-order valence-corrected chi connectivity index (χ3v) is 7.97. The minimum absolute atomic E-state index is 0.115. The number of likely N-dealkylation sites (tertiary alicyclic amines) is 1. The summed E-state index contributed by atoms with van der Waals surface area (Å²) in [6, 6.07) is 8.12. The molecule has 15 heteroatoms. The number of nitrogens with zero attached hydrogens (tertiary/aromatic N) is 1. The van der Waals surface area contributed by atoms with Crippen LogP contribution in [0.3, 0.4) is 0 Å². The number of halogens is 7. The van der Waals surface area contributed by atoms with Gasteiger partial charge in [-0.1, -0.05) is 19.1 Å². The second-order valence-corrected chi connectivity index (χ2v) is 10.6. The minimum atomic E-state index is -5.08. The van der Waals surface area contributed by atoms with Crippen LogP contribution >= 0.6 is 0 Å². The largest absolute Gasteiger partial charge is 0.493 e. The van der Waals surface area contributed by atoms with E-state index >= 15 is 0 Å². The van der Waals surface area contributed by atoms with Crippen molar-refractivity contribution in [1.82, 2.24) is 10.2 Å². The number of carbonyl (C=O) groups is 2. The van der Waals surface area contributed by atoms with Gasteiger partial charge in [-0.25, -0.2) is 14.0 Å². The first-order chi connectivity index (χ1) is 20.6. The van der Waals surface area contributed by atoms with Gasteiger partial charge in [-0.3, -0.25) is 4.90 Å². The topological polar surface area (TPSA) is 100 Å². The highest BCUT2D eigenvalue weighted by Crippen LogP contribution is 2.50. The number of methoxy groups -OCH3 is 2. The SMILES string of the molecule is CCCN1CC[C@]2(c3ccc(OC)c(OC)c3)CC[C@@H](NC(=O)Nc3cccc(C(F)(F)F)c3F)C[C@H]12.O=C(O)C(F)(F)F. The summed E-state index contributed by atoms with van der Waals surface area (Å²) < 4.78 is 96.2. The predicted molar refractivity (Wildman–Crippen MR) is 146 cm³/mol. The van der Waals surface area contributed by atoms with E-state index < -0.39 is 41.4 Å². The molecule has 1 aliphatic heterocycles. The molecule has 1 saturated carbocycles. The second kappa shape index (κ2) is 13.9. The Balaban J connectivity index is 0.000000676. The normalized spacial score (nSPS) is 21.9. The Morgan fingerprint density at radius 2 is 1.70 bits per heavy atom. The standard InChI is InChI=1S/C27H33F4N3O3.C2HF3O2/c1-4-13-34-14-12-26(17-8-9-21(36-2)22(15-17)37-3)11-10-18(16-23(26)34)32-25(35)33-20-7-5-6-19(24(20)28)27(29,30)31;3-2(4,5)1(6)7/h5-9,15,18,23H,4,10-14,16H2,1-3H3,(H2,32,33,35);(H,6,7)/t18-,23+,26+;/m1./s1. The lowest BCUT2D eigenvalue weighted by Gasteiger charge is -2.45. The number of hydrogen-bond donors (Lipinski definition) is 3. The maximum absolute atomic E-state index is 14.4. The molecular formula is C29H34F7N3O5. The van der Waals surface area contributed by atoms with Gasteiger partial charge in [0.05, 0.1) is 25.5 Å². The van der Waals surface area contributed by atoms with E-state index in [0.717, 1.165) is 44.5 Å². The van der Waals surface area contributed by atoms with Crippen LogP contribution in [-0.4, -0.2) is 67.6 Å². The molecule has 8 nitrogen and oxygen atoms in total. The highest BCUT2D eigenvalue weighted by Gasteiger charge is 2.51. The minimum Gasteiger partial charge on any atom is -0.493 e.